The maximum absolute atomic E-state index is 12.6. The molecule has 0 unspecified atom stereocenters. The molecule has 9 nitrogen and oxygen atoms in total. The number of rotatable bonds is 4. The monoisotopic (exact) mass is 451 g/mol. The molecular weight excluding hydrogens is 430 g/mol. The molecule has 2 aliphatic rings. The predicted octanol–water partition coefficient (Wildman–Crippen LogP) is 3.93. The number of nitrogens with zero attached hydrogens (tertiary/aromatic N) is 3. The van der Waals surface area contributed by atoms with Crippen molar-refractivity contribution < 1.29 is 19.1 Å². The molecular formula is C22H21N5O4S. The number of carbonyl (C=O) groups is 2. The van der Waals surface area contributed by atoms with Gasteiger partial charge >= 0.3 is 6.03 Å². The average Bonchev–Trinajstić information content (AvgIpc) is 3.49. The van der Waals surface area contributed by atoms with Crippen molar-refractivity contribution in [1.82, 2.24) is 15.1 Å². The SMILES string of the molecule is O=C(Nc1ccc2c(c1)OCO2)c1nnc(C2CCN(C(=O)Nc3ccccc3)CC2)s1. The quantitative estimate of drug-likeness (QED) is 0.623. The molecule has 2 aromatic carbocycles. The van der Waals surface area contributed by atoms with E-state index in [1.54, 1.807) is 23.1 Å². The van der Waals surface area contributed by atoms with E-state index in [9.17, 15) is 9.59 Å². The number of piperidine rings is 1. The summed E-state index contributed by atoms with van der Waals surface area (Å²) < 4.78 is 10.6. The van der Waals surface area contributed by atoms with Gasteiger partial charge in [-0.05, 0) is 37.1 Å². The molecule has 1 aromatic heterocycles. The number of benzene rings is 2. The maximum atomic E-state index is 12.6. The lowest BCUT2D eigenvalue weighted by Crippen LogP contribution is -2.40. The number of amides is 3. The van der Waals surface area contributed by atoms with E-state index < -0.39 is 0 Å². The largest absolute Gasteiger partial charge is 0.454 e. The van der Waals surface area contributed by atoms with Crippen molar-refractivity contribution in [3.63, 3.8) is 0 Å². The summed E-state index contributed by atoms with van der Waals surface area (Å²) in [6.45, 7) is 1.43. The van der Waals surface area contributed by atoms with E-state index >= 15 is 0 Å². The van der Waals surface area contributed by atoms with E-state index in [4.69, 9.17) is 9.47 Å². The molecule has 3 amide bonds. The number of anilines is 2. The van der Waals surface area contributed by atoms with Crippen LogP contribution in [0.15, 0.2) is 48.5 Å². The van der Waals surface area contributed by atoms with Gasteiger partial charge in [0.2, 0.25) is 11.8 Å². The van der Waals surface area contributed by atoms with Crippen LogP contribution in [0.4, 0.5) is 16.2 Å². The van der Waals surface area contributed by atoms with Crippen LogP contribution < -0.4 is 20.1 Å². The highest BCUT2D eigenvalue weighted by Crippen LogP contribution is 2.35. The van der Waals surface area contributed by atoms with Crippen LogP contribution in [-0.2, 0) is 0 Å². The van der Waals surface area contributed by atoms with Crippen molar-refractivity contribution in [3.05, 3.63) is 58.5 Å². The van der Waals surface area contributed by atoms with Crippen LogP contribution in [0.25, 0.3) is 0 Å². The van der Waals surface area contributed by atoms with Crippen molar-refractivity contribution in [2.75, 3.05) is 30.5 Å². The molecule has 0 saturated carbocycles. The molecule has 32 heavy (non-hydrogen) atoms. The topological polar surface area (TPSA) is 106 Å². The molecule has 164 valence electrons. The zero-order chi connectivity index (χ0) is 21.9. The fraction of sp³-hybridized carbons (Fsp3) is 0.273. The van der Waals surface area contributed by atoms with Crippen LogP contribution >= 0.6 is 11.3 Å². The number of carbonyl (C=O) groups excluding carboxylic acids is 2. The molecule has 2 N–H and O–H groups in total. The predicted molar refractivity (Wildman–Crippen MR) is 119 cm³/mol. The smallest absolute Gasteiger partial charge is 0.321 e. The second kappa shape index (κ2) is 8.83. The molecule has 1 fully saturated rings. The zero-order valence-corrected chi connectivity index (χ0v) is 17.9. The normalized spacial score (nSPS) is 15.4. The Labute approximate surface area is 188 Å². The number of urea groups is 1. The Kier molecular flexibility index (Phi) is 5.59. The summed E-state index contributed by atoms with van der Waals surface area (Å²) in [7, 11) is 0. The first-order chi connectivity index (χ1) is 15.7. The number of likely N-dealkylation sites (tertiary alicyclic amines) is 1. The summed E-state index contributed by atoms with van der Waals surface area (Å²) in [6.07, 6.45) is 1.56. The Bertz CT molecular complexity index is 1130. The van der Waals surface area contributed by atoms with E-state index in [1.165, 1.54) is 11.3 Å². The van der Waals surface area contributed by atoms with Crippen molar-refractivity contribution in [3.8, 4) is 11.5 Å². The van der Waals surface area contributed by atoms with Gasteiger partial charge in [-0.1, -0.05) is 29.5 Å². The first-order valence-corrected chi connectivity index (χ1v) is 11.1. The number of aromatic nitrogens is 2. The summed E-state index contributed by atoms with van der Waals surface area (Å²) in [5.41, 5.74) is 1.38. The minimum Gasteiger partial charge on any atom is -0.454 e. The minimum absolute atomic E-state index is 0.101. The van der Waals surface area contributed by atoms with E-state index in [0.29, 0.717) is 35.3 Å². The molecule has 0 atom stereocenters. The third-order valence-corrected chi connectivity index (χ3v) is 6.51. The van der Waals surface area contributed by atoms with Gasteiger partial charge in [-0.15, -0.1) is 10.2 Å². The molecule has 0 aliphatic carbocycles. The third kappa shape index (κ3) is 4.35. The fourth-order valence-electron chi connectivity index (χ4n) is 3.70. The van der Waals surface area contributed by atoms with Gasteiger partial charge in [0.15, 0.2) is 11.5 Å². The molecule has 10 heteroatoms. The van der Waals surface area contributed by atoms with Crippen molar-refractivity contribution in [2.24, 2.45) is 0 Å². The first kappa shape index (κ1) is 20.3. The van der Waals surface area contributed by atoms with Crippen molar-refractivity contribution in [1.29, 1.82) is 0 Å². The van der Waals surface area contributed by atoms with E-state index in [-0.39, 0.29) is 24.6 Å². The summed E-state index contributed by atoms with van der Waals surface area (Å²) in [5, 5.41) is 15.2. The van der Waals surface area contributed by atoms with Gasteiger partial charge in [-0.2, -0.15) is 0 Å². The second-order valence-corrected chi connectivity index (χ2v) is 8.53. The number of ether oxygens (including phenoxy) is 2. The molecule has 1 saturated heterocycles. The molecule has 3 heterocycles. The molecule has 5 rings (SSSR count). The number of hydrogen-bond donors (Lipinski definition) is 2. The van der Waals surface area contributed by atoms with Crippen LogP contribution in [0.1, 0.15) is 33.6 Å². The lowest BCUT2D eigenvalue weighted by molar-refractivity contribution is 0.102. The number of para-hydroxylation sites is 1. The van der Waals surface area contributed by atoms with E-state index in [0.717, 1.165) is 23.5 Å². The average molecular weight is 452 g/mol. The fourth-order valence-corrected chi connectivity index (χ4v) is 4.61. The highest BCUT2D eigenvalue weighted by molar-refractivity contribution is 7.13. The van der Waals surface area contributed by atoms with E-state index in [2.05, 4.69) is 20.8 Å². The van der Waals surface area contributed by atoms with Crippen LogP contribution in [-0.4, -0.2) is 46.9 Å². The molecule has 0 radical (unpaired) electrons. The molecule has 3 aromatic rings. The summed E-state index contributed by atoms with van der Waals surface area (Å²) in [5.74, 6) is 1.13. The van der Waals surface area contributed by atoms with Gasteiger partial charge in [-0.3, -0.25) is 4.79 Å². The van der Waals surface area contributed by atoms with Gasteiger partial charge < -0.3 is 25.0 Å². The highest BCUT2D eigenvalue weighted by atomic mass is 32.1. The molecule has 0 spiro atoms. The van der Waals surface area contributed by atoms with Crippen molar-refractivity contribution >= 4 is 34.6 Å². The third-order valence-electron chi connectivity index (χ3n) is 5.42. The number of nitrogens with one attached hydrogen (secondary N) is 2. The number of fused-ring (bicyclic) bond motifs is 1. The second-order valence-electron chi connectivity index (χ2n) is 7.53. The van der Waals surface area contributed by atoms with E-state index in [1.807, 2.05) is 30.3 Å². The standard InChI is InChI=1S/C22H21N5O4S/c28-19(23-16-6-7-17-18(12-16)31-13-30-17)21-26-25-20(32-21)14-8-10-27(11-9-14)22(29)24-15-4-2-1-3-5-15/h1-7,12,14H,8-11,13H2,(H,23,28)(H,24,29). The molecule has 0 bridgehead atoms. The lowest BCUT2D eigenvalue weighted by Gasteiger charge is -2.30. The Morgan fingerprint density at radius 2 is 1.72 bits per heavy atom. The van der Waals surface area contributed by atoms with Gasteiger partial charge in [-0.25, -0.2) is 4.79 Å². The number of hydrogen-bond acceptors (Lipinski definition) is 7. The Morgan fingerprint density at radius 1 is 0.938 bits per heavy atom. The maximum Gasteiger partial charge on any atom is 0.321 e. The van der Waals surface area contributed by atoms with Crippen LogP contribution in [0.2, 0.25) is 0 Å². The first-order valence-electron chi connectivity index (χ1n) is 10.3. The Morgan fingerprint density at radius 3 is 2.53 bits per heavy atom. The zero-order valence-electron chi connectivity index (χ0n) is 17.1. The van der Waals surface area contributed by atoms with Gasteiger partial charge in [0, 0.05) is 36.4 Å². The molecule has 2 aliphatic heterocycles. The van der Waals surface area contributed by atoms with Gasteiger partial charge in [0.25, 0.3) is 5.91 Å². The summed E-state index contributed by atoms with van der Waals surface area (Å²) in [6, 6.07) is 14.5. The summed E-state index contributed by atoms with van der Waals surface area (Å²) in [4.78, 5) is 26.9. The van der Waals surface area contributed by atoms with Crippen LogP contribution in [0, 0.1) is 0 Å². The van der Waals surface area contributed by atoms with Gasteiger partial charge in [0.1, 0.15) is 5.01 Å². The Balaban J connectivity index is 1.16. The Hall–Kier alpha value is -3.66. The van der Waals surface area contributed by atoms with Gasteiger partial charge in [0.05, 0.1) is 0 Å². The highest BCUT2D eigenvalue weighted by Gasteiger charge is 2.27. The summed E-state index contributed by atoms with van der Waals surface area (Å²) >= 11 is 1.30. The lowest BCUT2D eigenvalue weighted by atomic mass is 9.98. The van der Waals surface area contributed by atoms with Crippen LogP contribution in [0.5, 0.6) is 11.5 Å². The van der Waals surface area contributed by atoms with Crippen LogP contribution in [0.3, 0.4) is 0 Å². The van der Waals surface area contributed by atoms with Crippen molar-refractivity contribution in [2.45, 2.75) is 18.8 Å². The minimum atomic E-state index is -0.313.